The van der Waals surface area contributed by atoms with Crippen LogP contribution >= 0.6 is 0 Å². The molecule has 9 heteroatoms. The maximum Gasteiger partial charge on any atom is 0.419 e. The lowest BCUT2D eigenvalue weighted by Crippen LogP contribution is -2.12. The van der Waals surface area contributed by atoms with Gasteiger partial charge in [0.1, 0.15) is 18.1 Å². The van der Waals surface area contributed by atoms with Gasteiger partial charge in [-0.25, -0.2) is 0 Å². The van der Waals surface area contributed by atoms with E-state index in [1.54, 1.807) is 24.3 Å². The molecule has 2 rings (SSSR count). The van der Waals surface area contributed by atoms with Crippen LogP contribution < -0.4 is 9.47 Å². The van der Waals surface area contributed by atoms with Crippen LogP contribution in [0.2, 0.25) is 0 Å². The Kier molecular flexibility index (Phi) is 6.08. The van der Waals surface area contributed by atoms with E-state index in [9.17, 15) is 18.0 Å². The van der Waals surface area contributed by atoms with Crippen LogP contribution in [0.5, 0.6) is 11.5 Å². The fourth-order valence-corrected chi connectivity index (χ4v) is 2.12. The maximum atomic E-state index is 13.3. The maximum absolute atomic E-state index is 13.3. The Morgan fingerprint density at radius 3 is 2.46 bits per heavy atom. The highest BCUT2D eigenvalue weighted by Crippen LogP contribution is 2.37. The van der Waals surface area contributed by atoms with Gasteiger partial charge in [-0.05, 0) is 41.4 Å². The summed E-state index contributed by atoms with van der Waals surface area (Å²) in [6.07, 6.45) is -4.70. The van der Waals surface area contributed by atoms with Crippen LogP contribution in [0.4, 0.5) is 13.2 Å². The number of benzene rings is 2. The third-order valence-electron chi connectivity index (χ3n) is 3.44. The van der Waals surface area contributed by atoms with E-state index >= 15 is 0 Å². The van der Waals surface area contributed by atoms with Crippen molar-refractivity contribution in [1.82, 2.24) is 0 Å². The second-order valence-corrected chi connectivity index (χ2v) is 5.16. The molecular weight excluding hydrogens is 351 g/mol. The van der Waals surface area contributed by atoms with Crippen molar-refractivity contribution in [2.75, 3.05) is 13.7 Å². The first-order valence-corrected chi connectivity index (χ1v) is 7.36. The molecule has 26 heavy (non-hydrogen) atoms. The summed E-state index contributed by atoms with van der Waals surface area (Å²) in [5.74, 6) is -0.490. The Labute approximate surface area is 146 Å². The smallest absolute Gasteiger partial charge is 0.419 e. The number of azide groups is 1. The average Bonchev–Trinajstić information content (AvgIpc) is 2.64. The van der Waals surface area contributed by atoms with Crippen LogP contribution in [0.15, 0.2) is 47.6 Å². The summed E-state index contributed by atoms with van der Waals surface area (Å²) in [6.45, 7) is -0.640. The van der Waals surface area contributed by atoms with Gasteiger partial charge in [-0.1, -0.05) is 17.2 Å². The number of Topliss-reactive ketones (excluding diaryl/α,β-unsaturated/α-hetero) is 1. The zero-order chi connectivity index (χ0) is 19.2. The van der Waals surface area contributed by atoms with Gasteiger partial charge in [-0.3, -0.25) is 4.79 Å². The van der Waals surface area contributed by atoms with Crippen LogP contribution in [-0.4, -0.2) is 19.4 Å². The van der Waals surface area contributed by atoms with Crippen molar-refractivity contribution in [2.24, 2.45) is 5.11 Å². The summed E-state index contributed by atoms with van der Waals surface area (Å²) >= 11 is 0. The molecule has 2 aromatic carbocycles. The Balaban J connectivity index is 2.23. The first kappa shape index (κ1) is 19.1. The van der Waals surface area contributed by atoms with E-state index in [2.05, 4.69) is 10.0 Å². The monoisotopic (exact) mass is 365 g/mol. The van der Waals surface area contributed by atoms with E-state index in [0.717, 1.165) is 6.07 Å². The zero-order valence-electron chi connectivity index (χ0n) is 13.7. The molecule has 2 aromatic rings. The van der Waals surface area contributed by atoms with E-state index in [4.69, 9.17) is 15.0 Å². The van der Waals surface area contributed by atoms with E-state index < -0.39 is 29.8 Å². The minimum absolute atomic E-state index is 0.0842. The van der Waals surface area contributed by atoms with Crippen LogP contribution in [0.3, 0.4) is 0 Å². The summed E-state index contributed by atoms with van der Waals surface area (Å²) in [5, 5.41) is 3.06. The molecule has 0 N–H and O–H groups in total. The van der Waals surface area contributed by atoms with Gasteiger partial charge in [0, 0.05) is 10.5 Å². The highest BCUT2D eigenvalue weighted by molar-refractivity contribution is 5.98. The number of ketones is 1. The highest BCUT2D eigenvalue weighted by Gasteiger charge is 2.35. The number of ether oxygens (including phenoxy) is 2. The van der Waals surface area contributed by atoms with Gasteiger partial charge in [0.15, 0.2) is 5.78 Å². The number of alkyl halides is 3. The molecule has 6 nitrogen and oxygen atoms in total. The van der Waals surface area contributed by atoms with E-state index in [1.807, 2.05) is 0 Å². The molecule has 0 aliphatic heterocycles. The molecule has 0 unspecified atom stereocenters. The summed E-state index contributed by atoms with van der Waals surface area (Å²) in [6, 6.07) is 9.65. The molecular formula is C17H14F3N3O3. The van der Waals surface area contributed by atoms with Crippen molar-refractivity contribution < 1.29 is 27.4 Å². The highest BCUT2D eigenvalue weighted by atomic mass is 19.4. The van der Waals surface area contributed by atoms with Crippen LogP contribution in [-0.2, 0) is 12.8 Å². The van der Waals surface area contributed by atoms with Crippen LogP contribution in [0.1, 0.15) is 21.5 Å². The van der Waals surface area contributed by atoms with Crippen molar-refractivity contribution >= 4 is 5.78 Å². The van der Waals surface area contributed by atoms with Crippen molar-refractivity contribution in [2.45, 2.75) is 12.8 Å². The van der Waals surface area contributed by atoms with Crippen molar-refractivity contribution in [3.63, 3.8) is 0 Å². The topological polar surface area (TPSA) is 84.3 Å². The average molecular weight is 365 g/mol. The van der Waals surface area contributed by atoms with Crippen molar-refractivity contribution in [3.8, 4) is 11.5 Å². The molecule has 0 heterocycles. The predicted molar refractivity (Wildman–Crippen MR) is 87.1 cm³/mol. The molecule has 0 amide bonds. The van der Waals surface area contributed by atoms with Gasteiger partial charge in [0.25, 0.3) is 0 Å². The molecule has 0 bridgehead atoms. The van der Waals surface area contributed by atoms with Gasteiger partial charge in [0.05, 0.1) is 19.2 Å². The Morgan fingerprint density at radius 1 is 1.19 bits per heavy atom. The fourth-order valence-electron chi connectivity index (χ4n) is 2.12. The Bertz CT molecular complexity index is 829. The van der Waals surface area contributed by atoms with Gasteiger partial charge in [-0.15, -0.1) is 0 Å². The number of hydrogen-bond acceptors (Lipinski definition) is 4. The lowest BCUT2D eigenvalue weighted by molar-refractivity contribution is -0.139. The van der Waals surface area contributed by atoms with Gasteiger partial charge in [0.2, 0.25) is 0 Å². The molecule has 0 spiro atoms. The lowest BCUT2D eigenvalue weighted by atomic mass is 10.1. The van der Waals surface area contributed by atoms with E-state index in [0.29, 0.717) is 17.4 Å². The first-order valence-electron chi connectivity index (χ1n) is 7.36. The molecule has 0 aliphatic carbocycles. The number of nitrogens with zero attached hydrogens (tertiary/aromatic N) is 3. The third-order valence-corrected chi connectivity index (χ3v) is 3.44. The zero-order valence-corrected chi connectivity index (χ0v) is 13.7. The van der Waals surface area contributed by atoms with Crippen LogP contribution in [0.25, 0.3) is 10.4 Å². The number of hydrogen-bond donors (Lipinski definition) is 0. The quantitative estimate of drug-likeness (QED) is 0.306. The minimum atomic E-state index is -4.70. The number of carbonyl (C=O) groups excluding carboxylic acids is 1. The summed E-state index contributed by atoms with van der Waals surface area (Å²) in [4.78, 5) is 14.2. The number of halogens is 3. The Morgan fingerprint density at radius 2 is 1.88 bits per heavy atom. The SMILES string of the molecule is COc1ccc(COc2ccc(C(=O)CN=[N+]=[N-])cc2C(F)(F)F)cc1. The first-order chi connectivity index (χ1) is 12.3. The third kappa shape index (κ3) is 4.90. The second kappa shape index (κ2) is 8.26. The van der Waals surface area contributed by atoms with Gasteiger partial charge < -0.3 is 9.47 Å². The molecule has 0 fully saturated rings. The summed E-state index contributed by atoms with van der Waals surface area (Å²) in [5.41, 5.74) is 7.58. The van der Waals surface area contributed by atoms with Gasteiger partial charge >= 0.3 is 6.18 Å². The molecule has 0 atom stereocenters. The largest absolute Gasteiger partial charge is 0.497 e. The second-order valence-electron chi connectivity index (χ2n) is 5.16. The van der Waals surface area contributed by atoms with Crippen LogP contribution in [0, 0.1) is 0 Å². The molecule has 0 aromatic heterocycles. The lowest BCUT2D eigenvalue weighted by Gasteiger charge is -2.15. The van der Waals surface area contributed by atoms with E-state index in [-0.39, 0.29) is 12.2 Å². The normalized spacial score (nSPS) is 10.8. The summed E-state index contributed by atoms with van der Waals surface area (Å²) < 4.78 is 50.1. The predicted octanol–water partition coefficient (Wildman–Crippen LogP) is 4.79. The number of rotatable bonds is 7. The van der Waals surface area contributed by atoms with Gasteiger partial charge in [-0.2, -0.15) is 13.2 Å². The molecule has 0 saturated carbocycles. The number of carbonyl (C=O) groups is 1. The number of methoxy groups -OCH3 is 1. The Hall–Kier alpha value is -3.19. The molecule has 0 aliphatic rings. The standard InChI is InChI=1S/C17H14F3N3O3/c1-25-13-5-2-11(3-6-13)10-26-16-7-4-12(15(24)9-22-23-21)8-14(16)17(18,19)20/h2-8H,9-10H2,1H3. The van der Waals surface area contributed by atoms with E-state index in [1.165, 1.54) is 13.2 Å². The fraction of sp³-hybridized carbons (Fsp3) is 0.235. The minimum Gasteiger partial charge on any atom is -0.497 e. The summed E-state index contributed by atoms with van der Waals surface area (Å²) in [7, 11) is 1.51. The van der Waals surface area contributed by atoms with Crippen molar-refractivity contribution in [3.05, 3.63) is 69.6 Å². The molecule has 0 radical (unpaired) electrons. The molecule has 136 valence electrons. The van der Waals surface area contributed by atoms with Crippen molar-refractivity contribution in [1.29, 1.82) is 0 Å². The molecule has 0 saturated heterocycles.